The molecule has 6 atom stereocenters. The number of nitrogens with one attached hydrogen (secondary N) is 1. The van der Waals surface area contributed by atoms with Crippen LogP contribution in [-0.4, -0.2) is 102 Å². The first-order valence-electron chi connectivity index (χ1n) is 14.9. The van der Waals surface area contributed by atoms with Gasteiger partial charge in [-0.1, -0.05) is 24.8 Å². The van der Waals surface area contributed by atoms with Gasteiger partial charge in [0.1, 0.15) is 12.2 Å². The van der Waals surface area contributed by atoms with Crippen molar-refractivity contribution < 1.29 is 41.4 Å². The summed E-state index contributed by atoms with van der Waals surface area (Å²) in [6.45, 7) is 5.28. The van der Waals surface area contributed by atoms with Crippen LogP contribution in [0.15, 0.2) is 23.4 Å². The number of ether oxygens (including phenoxy) is 3. The maximum Gasteiger partial charge on any atom is 0.354 e. The summed E-state index contributed by atoms with van der Waals surface area (Å²) in [5.41, 5.74) is -0.202. The largest absolute Gasteiger partial charge is 0.394 e. The number of nitrogens with zero attached hydrogens (tertiary/aromatic N) is 5. The normalized spacial score (nSPS) is 26.7. The number of aliphatic hydroxyl groups excluding tert-OH is 1. The Morgan fingerprint density at radius 1 is 1.20 bits per heavy atom. The molecule has 46 heavy (non-hydrogen) atoms. The highest BCUT2D eigenvalue weighted by Gasteiger charge is 2.55. The van der Waals surface area contributed by atoms with E-state index in [0.717, 1.165) is 27.2 Å². The lowest BCUT2D eigenvalue weighted by atomic mass is 10.1. The third-order valence-electron chi connectivity index (χ3n) is 8.23. The fourth-order valence-corrected chi connectivity index (χ4v) is 7.95. The minimum Gasteiger partial charge on any atom is -0.394 e. The maximum atomic E-state index is 13.9. The average molecular weight is 689 g/mol. The van der Waals surface area contributed by atoms with E-state index in [1.165, 1.54) is 31.9 Å². The average Bonchev–Trinajstić information content (AvgIpc) is 3.65. The Morgan fingerprint density at radius 3 is 2.57 bits per heavy atom. The van der Waals surface area contributed by atoms with E-state index in [4.69, 9.17) is 14.2 Å². The molecule has 0 radical (unpaired) electrons. The first-order chi connectivity index (χ1) is 21.7. The van der Waals surface area contributed by atoms with Crippen molar-refractivity contribution >= 4 is 39.3 Å². The number of fused-ring (bicyclic) bond motifs is 1. The number of rotatable bonds is 14. The van der Waals surface area contributed by atoms with Crippen molar-refractivity contribution in [3.8, 4) is 0 Å². The van der Waals surface area contributed by atoms with E-state index in [2.05, 4.69) is 15.3 Å². The van der Waals surface area contributed by atoms with Gasteiger partial charge in [0.2, 0.25) is 11.6 Å². The Morgan fingerprint density at radius 2 is 1.91 bits per heavy atom. The highest BCUT2D eigenvalue weighted by Crippen LogP contribution is 2.47. The summed E-state index contributed by atoms with van der Waals surface area (Å²) in [7, 11) is -1.89. The van der Waals surface area contributed by atoms with E-state index in [1.54, 1.807) is 13.8 Å². The van der Waals surface area contributed by atoms with Crippen molar-refractivity contribution in [3.63, 3.8) is 0 Å². The van der Waals surface area contributed by atoms with Crippen LogP contribution in [0.4, 0.5) is 26.1 Å². The zero-order valence-corrected chi connectivity index (χ0v) is 27.7. The van der Waals surface area contributed by atoms with Gasteiger partial charge in [-0.2, -0.15) is 22.7 Å². The van der Waals surface area contributed by atoms with E-state index in [-0.39, 0.29) is 30.1 Å². The monoisotopic (exact) mass is 688 g/mol. The van der Waals surface area contributed by atoms with Crippen molar-refractivity contribution in [2.45, 2.75) is 87.3 Å². The van der Waals surface area contributed by atoms with Crippen LogP contribution in [-0.2, 0) is 24.4 Å². The topological polar surface area (TPSA) is 169 Å². The molecule has 2 heterocycles. The number of anilines is 2. The van der Waals surface area contributed by atoms with Crippen LogP contribution >= 0.6 is 11.8 Å². The Hall–Kier alpha value is -2.74. The molecular formula is C28H38F2N6O8S2. The van der Waals surface area contributed by atoms with Gasteiger partial charge in [0.25, 0.3) is 0 Å². The van der Waals surface area contributed by atoms with Crippen LogP contribution in [0.25, 0.3) is 0 Å². The number of aliphatic hydroxyl groups is 1. The standard InChI is InChI=1S/C28H38F2N6O8S2/c1-6-11-45-27-32-25(31-19-14-21(42-10-9-37)24-23(19)43-28(2,3)44-24)22(36(38)39)26(33-27)35(5)46(40,41)34(4)20-13-16(20)15-7-8-17(29)18(30)12-15/h7-8,12,16,19-21,23-24,37H,6,9-11,13-14H2,1-5H3,(H,31,32,33)/t16-,19+,20+,21-,23-,24+/m0/s1. The first-order valence-corrected chi connectivity index (χ1v) is 17.3. The molecule has 0 spiro atoms. The van der Waals surface area contributed by atoms with Gasteiger partial charge in [-0.05, 0) is 50.8 Å². The SMILES string of the molecule is CCCSc1nc(N[C@@H]2C[C@H](OCCO)[C@H]3OC(C)(C)O[C@H]32)c([N+](=O)[O-])c(N(C)S(=O)(=O)N(C)[C@@H]2C[C@H]2c2ccc(F)c(F)c2)n1. The van der Waals surface area contributed by atoms with Gasteiger partial charge >= 0.3 is 15.9 Å². The van der Waals surface area contributed by atoms with Crippen molar-refractivity contribution in [1.29, 1.82) is 0 Å². The zero-order chi connectivity index (χ0) is 33.6. The number of likely N-dealkylation sites (N-methyl/N-ethyl adjacent to an activating group) is 1. The molecule has 1 saturated heterocycles. The summed E-state index contributed by atoms with van der Waals surface area (Å²) in [6, 6.07) is 2.28. The summed E-state index contributed by atoms with van der Waals surface area (Å²) in [5.74, 6) is -3.44. The Balaban J connectivity index is 1.47. The van der Waals surface area contributed by atoms with Gasteiger partial charge < -0.3 is 24.6 Å². The minimum atomic E-state index is -4.40. The van der Waals surface area contributed by atoms with Crippen LogP contribution in [0.3, 0.4) is 0 Å². The molecule has 2 N–H and O–H groups in total. The molecule has 18 heteroatoms. The summed E-state index contributed by atoms with van der Waals surface area (Å²) >= 11 is 1.22. The predicted octanol–water partition coefficient (Wildman–Crippen LogP) is 3.42. The fraction of sp³-hybridized carbons (Fsp3) is 0.643. The lowest BCUT2D eigenvalue weighted by molar-refractivity contribution is -0.383. The molecule has 2 aromatic rings. The van der Waals surface area contributed by atoms with E-state index in [9.17, 15) is 32.4 Å². The van der Waals surface area contributed by atoms with Crippen LogP contribution < -0.4 is 9.62 Å². The van der Waals surface area contributed by atoms with E-state index in [0.29, 0.717) is 24.2 Å². The van der Waals surface area contributed by atoms with Crippen LogP contribution in [0.1, 0.15) is 51.5 Å². The molecule has 1 aromatic carbocycles. The number of aromatic nitrogens is 2. The number of halogens is 2. The van der Waals surface area contributed by atoms with Gasteiger partial charge in [0.05, 0.1) is 30.3 Å². The predicted molar refractivity (Wildman–Crippen MR) is 165 cm³/mol. The summed E-state index contributed by atoms with van der Waals surface area (Å²) < 4.78 is 74.8. The van der Waals surface area contributed by atoms with Gasteiger partial charge in [0, 0.05) is 31.8 Å². The molecule has 14 nitrogen and oxygen atoms in total. The van der Waals surface area contributed by atoms with Crippen LogP contribution in [0, 0.1) is 21.7 Å². The summed E-state index contributed by atoms with van der Waals surface area (Å²) in [4.78, 5) is 20.6. The number of hydrogen-bond acceptors (Lipinski definition) is 12. The molecule has 3 fully saturated rings. The second kappa shape index (κ2) is 13.4. The lowest BCUT2D eigenvalue weighted by Gasteiger charge is -2.27. The number of nitro groups is 1. The summed E-state index contributed by atoms with van der Waals surface area (Å²) in [6.07, 6.45) is -0.186. The molecule has 254 valence electrons. The third-order valence-corrected chi connectivity index (χ3v) is 11.1. The van der Waals surface area contributed by atoms with Crippen LogP contribution in [0.2, 0.25) is 0 Å². The quantitative estimate of drug-likeness (QED) is 0.129. The molecule has 2 saturated carbocycles. The van der Waals surface area contributed by atoms with Crippen molar-refractivity contribution in [2.24, 2.45) is 0 Å². The molecule has 0 bridgehead atoms. The van der Waals surface area contributed by atoms with Gasteiger partial charge in [-0.25, -0.2) is 13.1 Å². The fourth-order valence-electron chi connectivity index (χ4n) is 5.95. The Kier molecular flexibility index (Phi) is 10.1. The minimum absolute atomic E-state index is 0.0636. The molecule has 2 aliphatic carbocycles. The Bertz CT molecular complexity index is 1570. The highest BCUT2D eigenvalue weighted by atomic mass is 32.2. The molecule has 0 amide bonds. The van der Waals surface area contributed by atoms with Gasteiger partial charge in [0.15, 0.2) is 22.6 Å². The van der Waals surface area contributed by atoms with E-state index < -0.39 is 74.5 Å². The first kappa shape index (κ1) is 34.6. The lowest BCUT2D eigenvalue weighted by Crippen LogP contribution is -2.42. The number of thioether (sulfide) groups is 1. The van der Waals surface area contributed by atoms with Crippen molar-refractivity contribution in [2.75, 3.05) is 42.7 Å². The van der Waals surface area contributed by atoms with Crippen molar-refractivity contribution in [3.05, 3.63) is 45.5 Å². The van der Waals surface area contributed by atoms with Gasteiger partial charge in [-0.3, -0.25) is 10.1 Å². The van der Waals surface area contributed by atoms with Crippen LogP contribution in [0.5, 0.6) is 0 Å². The molecular weight excluding hydrogens is 650 g/mol. The van der Waals surface area contributed by atoms with Crippen molar-refractivity contribution in [1.82, 2.24) is 14.3 Å². The molecule has 5 rings (SSSR count). The number of hydrogen-bond donors (Lipinski definition) is 2. The third kappa shape index (κ3) is 6.93. The second-order valence-corrected chi connectivity index (χ2v) is 15.0. The maximum absolute atomic E-state index is 13.9. The van der Waals surface area contributed by atoms with E-state index >= 15 is 0 Å². The summed E-state index contributed by atoms with van der Waals surface area (Å²) in [5, 5.41) is 25.1. The smallest absolute Gasteiger partial charge is 0.354 e. The zero-order valence-electron chi connectivity index (χ0n) is 26.1. The van der Waals surface area contributed by atoms with E-state index in [1.807, 2.05) is 6.92 Å². The molecule has 1 aromatic heterocycles. The van der Waals surface area contributed by atoms with Gasteiger partial charge in [-0.15, -0.1) is 0 Å². The number of benzene rings is 1. The second-order valence-electron chi connectivity index (χ2n) is 11.9. The highest BCUT2D eigenvalue weighted by molar-refractivity contribution is 7.99. The Labute approximate surface area is 270 Å². The molecule has 3 aliphatic rings. The molecule has 1 aliphatic heterocycles. The molecule has 0 unspecified atom stereocenters.